The number of nitrogens with zero attached hydrogens (tertiary/aromatic N) is 2. The summed E-state index contributed by atoms with van der Waals surface area (Å²) >= 11 is 0. The topological polar surface area (TPSA) is 49.8 Å². The number of aromatic nitrogens is 2. The highest BCUT2D eigenvalue weighted by molar-refractivity contribution is 5.60. The van der Waals surface area contributed by atoms with Gasteiger partial charge in [-0.15, -0.1) is 0 Å². The van der Waals surface area contributed by atoms with Crippen molar-refractivity contribution < 1.29 is 0 Å². The number of hydrogen-bond donors (Lipinski definition) is 2. The summed E-state index contributed by atoms with van der Waals surface area (Å²) in [6.07, 6.45) is 2.41. The van der Waals surface area contributed by atoms with Crippen molar-refractivity contribution in [1.29, 1.82) is 0 Å². The van der Waals surface area contributed by atoms with Crippen molar-refractivity contribution in [1.82, 2.24) is 9.97 Å². The molecule has 0 spiro atoms. The van der Waals surface area contributed by atoms with Crippen LogP contribution in [0.5, 0.6) is 0 Å². The molecule has 2 aromatic rings. The van der Waals surface area contributed by atoms with Gasteiger partial charge in [-0.05, 0) is 37.5 Å². The van der Waals surface area contributed by atoms with E-state index in [-0.39, 0.29) is 0 Å². The molecule has 2 N–H and O–H groups in total. The summed E-state index contributed by atoms with van der Waals surface area (Å²) in [5, 5.41) is 6.45. The molecule has 98 valence electrons. The Bertz CT molecular complexity index is 590. The van der Waals surface area contributed by atoms with Gasteiger partial charge in [-0.25, -0.2) is 9.97 Å². The van der Waals surface area contributed by atoms with Crippen LogP contribution in [0.1, 0.15) is 30.1 Å². The third-order valence-corrected chi connectivity index (χ3v) is 3.23. The Balaban J connectivity index is 1.89. The lowest BCUT2D eigenvalue weighted by Crippen LogP contribution is -2.03. The van der Waals surface area contributed by atoms with Gasteiger partial charge in [-0.3, -0.25) is 0 Å². The molecule has 1 aliphatic carbocycles. The van der Waals surface area contributed by atoms with Crippen molar-refractivity contribution in [3.8, 4) is 0 Å². The second-order valence-corrected chi connectivity index (χ2v) is 5.02. The normalized spacial score (nSPS) is 14.2. The van der Waals surface area contributed by atoms with E-state index in [1.165, 1.54) is 18.4 Å². The molecule has 0 atom stereocenters. The highest BCUT2D eigenvalue weighted by Crippen LogP contribution is 2.39. The first-order valence-electron chi connectivity index (χ1n) is 6.65. The Morgan fingerprint density at radius 3 is 2.58 bits per heavy atom. The summed E-state index contributed by atoms with van der Waals surface area (Å²) in [6, 6.07) is 10.2. The summed E-state index contributed by atoms with van der Waals surface area (Å²) in [6.45, 7) is 2.08. The zero-order valence-corrected chi connectivity index (χ0v) is 11.3. The first-order valence-corrected chi connectivity index (χ1v) is 6.65. The van der Waals surface area contributed by atoms with Gasteiger partial charge in [0.15, 0.2) is 0 Å². The fourth-order valence-corrected chi connectivity index (χ4v) is 2.05. The molecular formula is C15H18N4. The molecule has 0 bridgehead atoms. The average Bonchev–Trinajstić information content (AvgIpc) is 3.22. The molecule has 0 unspecified atom stereocenters. The van der Waals surface area contributed by atoms with E-state index in [1.807, 2.05) is 25.2 Å². The standard InChI is InChI=1S/C15H18N4/c1-10-4-3-5-12(8-10)17-14-9-13(16-2)18-15(19-14)11-6-7-11/h3-5,8-9,11H,6-7H2,1-2H3,(H2,16,17,18,19). The van der Waals surface area contributed by atoms with E-state index in [0.717, 1.165) is 23.1 Å². The highest BCUT2D eigenvalue weighted by atomic mass is 15.1. The summed E-state index contributed by atoms with van der Waals surface area (Å²) < 4.78 is 0. The van der Waals surface area contributed by atoms with Crippen molar-refractivity contribution in [3.63, 3.8) is 0 Å². The van der Waals surface area contributed by atoms with Gasteiger partial charge >= 0.3 is 0 Å². The van der Waals surface area contributed by atoms with Crippen LogP contribution >= 0.6 is 0 Å². The van der Waals surface area contributed by atoms with Crippen LogP contribution in [-0.4, -0.2) is 17.0 Å². The van der Waals surface area contributed by atoms with E-state index in [1.54, 1.807) is 0 Å². The quantitative estimate of drug-likeness (QED) is 0.877. The van der Waals surface area contributed by atoms with Gasteiger partial charge in [0.05, 0.1) is 0 Å². The van der Waals surface area contributed by atoms with Crippen LogP contribution in [0.4, 0.5) is 17.3 Å². The zero-order valence-electron chi connectivity index (χ0n) is 11.3. The fraction of sp³-hybridized carbons (Fsp3) is 0.333. The Labute approximate surface area is 113 Å². The molecule has 19 heavy (non-hydrogen) atoms. The molecule has 3 rings (SSSR count). The van der Waals surface area contributed by atoms with E-state index < -0.39 is 0 Å². The molecule has 1 fully saturated rings. The number of hydrogen-bond acceptors (Lipinski definition) is 4. The lowest BCUT2D eigenvalue weighted by Gasteiger charge is -2.10. The molecule has 1 saturated carbocycles. The first kappa shape index (κ1) is 12.0. The predicted octanol–water partition coefficient (Wildman–Crippen LogP) is 3.45. The van der Waals surface area contributed by atoms with Gasteiger partial charge in [0.25, 0.3) is 0 Å². The first-order chi connectivity index (χ1) is 9.24. The summed E-state index contributed by atoms with van der Waals surface area (Å²) in [5.41, 5.74) is 2.29. The predicted molar refractivity (Wildman–Crippen MR) is 78.0 cm³/mol. The fourth-order valence-electron chi connectivity index (χ4n) is 2.05. The summed E-state index contributed by atoms with van der Waals surface area (Å²) in [4.78, 5) is 9.12. The number of benzene rings is 1. The minimum absolute atomic E-state index is 0.548. The molecule has 1 aliphatic rings. The lowest BCUT2D eigenvalue weighted by atomic mass is 10.2. The van der Waals surface area contributed by atoms with Gasteiger partial charge in [-0.1, -0.05) is 12.1 Å². The summed E-state index contributed by atoms with van der Waals surface area (Å²) in [5.74, 6) is 3.22. The smallest absolute Gasteiger partial charge is 0.136 e. The van der Waals surface area contributed by atoms with Crippen LogP contribution in [0, 0.1) is 6.92 Å². The Kier molecular flexibility index (Phi) is 3.07. The van der Waals surface area contributed by atoms with E-state index >= 15 is 0 Å². The number of anilines is 3. The molecule has 0 saturated heterocycles. The van der Waals surface area contributed by atoms with Crippen LogP contribution in [0.2, 0.25) is 0 Å². The van der Waals surface area contributed by atoms with Gasteiger partial charge in [0.1, 0.15) is 17.5 Å². The van der Waals surface area contributed by atoms with Crippen LogP contribution < -0.4 is 10.6 Å². The maximum absolute atomic E-state index is 4.61. The molecule has 1 aromatic carbocycles. The van der Waals surface area contributed by atoms with Crippen LogP contribution in [0.3, 0.4) is 0 Å². The maximum atomic E-state index is 4.61. The van der Waals surface area contributed by atoms with Crippen molar-refractivity contribution in [2.45, 2.75) is 25.7 Å². The van der Waals surface area contributed by atoms with Crippen LogP contribution in [0.15, 0.2) is 30.3 Å². The van der Waals surface area contributed by atoms with Crippen molar-refractivity contribution in [2.75, 3.05) is 17.7 Å². The van der Waals surface area contributed by atoms with Gasteiger partial charge in [0, 0.05) is 24.7 Å². The molecule has 0 radical (unpaired) electrons. The molecule has 1 heterocycles. The highest BCUT2D eigenvalue weighted by Gasteiger charge is 2.27. The molecule has 0 amide bonds. The largest absolute Gasteiger partial charge is 0.373 e. The SMILES string of the molecule is CNc1cc(Nc2cccc(C)c2)nc(C2CC2)n1. The second-order valence-electron chi connectivity index (χ2n) is 5.02. The number of nitrogens with one attached hydrogen (secondary N) is 2. The van der Waals surface area contributed by atoms with Gasteiger partial charge in [0.2, 0.25) is 0 Å². The number of aryl methyl sites for hydroxylation is 1. The third kappa shape index (κ3) is 2.84. The van der Waals surface area contributed by atoms with E-state index in [4.69, 9.17) is 0 Å². The van der Waals surface area contributed by atoms with Crippen molar-refractivity contribution in [2.24, 2.45) is 0 Å². The Morgan fingerprint density at radius 2 is 1.89 bits per heavy atom. The molecule has 4 heteroatoms. The van der Waals surface area contributed by atoms with Crippen LogP contribution in [-0.2, 0) is 0 Å². The summed E-state index contributed by atoms with van der Waals surface area (Å²) in [7, 11) is 1.88. The zero-order chi connectivity index (χ0) is 13.2. The Morgan fingerprint density at radius 1 is 1.11 bits per heavy atom. The monoisotopic (exact) mass is 254 g/mol. The molecule has 4 nitrogen and oxygen atoms in total. The second kappa shape index (κ2) is 4.88. The van der Waals surface area contributed by atoms with Gasteiger partial charge in [-0.2, -0.15) is 0 Å². The van der Waals surface area contributed by atoms with Gasteiger partial charge < -0.3 is 10.6 Å². The van der Waals surface area contributed by atoms with Crippen molar-refractivity contribution in [3.05, 3.63) is 41.7 Å². The third-order valence-electron chi connectivity index (χ3n) is 3.23. The Hall–Kier alpha value is -2.10. The molecule has 0 aliphatic heterocycles. The average molecular weight is 254 g/mol. The number of rotatable bonds is 4. The van der Waals surface area contributed by atoms with E-state index in [2.05, 4.69) is 39.7 Å². The lowest BCUT2D eigenvalue weighted by molar-refractivity contribution is 0.932. The van der Waals surface area contributed by atoms with Crippen molar-refractivity contribution >= 4 is 17.3 Å². The van der Waals surface area contributed by atoms with E-state index in [0.29, 0.717) is 5.92 Å². The van der Waals surface area contributed by atoms with E-state index in [9.17, 15) is 0 Å². The van der Waals surface area contributed by atoms with Crippen LogP contribution in [0.25, 0.3) is 0 Å². The molecular weight excluding hydrogens is 236 g/mol. The molecule has 1 aromatic heterocycles. The minimum atomic E-state index is 0.548. The maximum Gasteiger partial charge on any atom is 0.136 e. The minimum Gasteiger partial charge on any atom is -0.373 e.